The minimum absolute atomic E-state index is 0.0299. The van der Waals surface area contributed by atoms with E-state index in [1.165, 1.54) is 6.33 Å². The molecule has 1 saturated heterocycles. The third-order valence-electron chi connectivity index (χ3n) is 2.83. The molecule has 1 fully saturated rings. The van der Waals surface area contributed by atoms with Crippen molar-refractivity contribution in [3.8, 4) is 0 Å². The summed E-state index contributed by atoms with van der Waals surface area (Å²) in [5, 5.41) is 6.81. The number of hydrogen-bond donors (Lipinski definition) is 1. The van der Waals surface area contributed by atoms with Gasteiger partial charge in [-0.15, -0.1) is 0 Å². The van der Waals surface area contributed by atoms with E-state index in [0.717, 1.165) is 13.0 Å². The Bertz CT molecular complexity index is 364. The second-order valence-electron chi connectivity index (χ2n) is 4.57. The lowest BCUT2D eigenvalue weighted by Gasteiger charge is -2.17. The Labute approximate surface area is 100 Å². The lowest BCUT2D eigenvalue weighted by Crippen LogP contribution is -2.41. The molecule has 1 aromatic heterocycles. The van der Waals surface area contributed by atoms with E-state index in [9.17, 15) is 4.79 Å². The van der Waals surface area contributed by atoms with Crippen molar-refractivity contribution in [2.75, 3.05) is 13.1 Å². The van der Waals surface area contributed by atoms with Gasteiger partial charge in [0.15, 0.2) is 6.33 Å². The van der Waals surface area contributed by atoms with Crippen LogP contribution in [0.4, 0.5) is 0 Å². The number of aromatic nitrogens is 2. The molecule has 0 bridgehead atoms. The summed E-state index contributed by atoms with van der Waals surface area (Å²) in [5.74, 6) is 0.760. The molecule has 6 heteroatoms. The van der Waals surface area contributed by atoms with Gasteiger partial charge in [-0.1, -0.05) is 19.0 Å². The summed E-state index contributed by atoms with van der Waals surface area (Å²) >= 11 is 0. The van der Waals surface area contributed by atoms with Crippen molar-refractivity contribution >= 4 is 5.91 Å². The quantitative estimate of drug-likeness (QED) is 0.794. The number of nitrogens with zero attached hydrogens (tertiary/aromatic N) is 3. The summed E-state index contributed by atoms with van der Waals surface area (Å²) in [6.07, 6.45) is 2.88. The number of nitrogens with one attached hydrogen (secondary N) is 1. The molecule has 94 valence electrons. The first-order valence-corrected chi connectivity index (χ1v) is 5.97. The molecular weight excluding hydrogens is 220 g/mol. The van der Waals surface area contributed by atoms with Gasteiger partial charge in [-0.05, 0) is 6.42 Å². The SMILES string of the molecule is CC(C)NC1CCN(CCc2ncno2)C1=O. The van der Waals surface area contributed by atoms with Crippen LogP contribution in [0.3, 0.4) is 0 Å². The van der Waals surface area contributed by atoms with Crippen LogP contribution in [0.2, 0.25) is 0 Å². The maximum absolute atomic E-state index is 12.0. The normalized spacial score (nSPS) is 20.5. The average molecular weight is 238 g/mol. The second kappa shape index (κ2) is 5.27. The summed E-state index contributed by atoms with van der Waals surface area (Å²) in [6, 6.07) is 0.303. The Kier molecular flexibility index (Phi) is 3.73. The molecule has 0 aliphatic carbocycles. The van der Waals surface area contributed by atoms with Gasteiger partial charge in [0.2, 0.25) is 11.8 Å². The first kappa shape index (κ1) is 12.0. The van der Waals surface area contributed by atoms with Gasteiger partial charge in [-0.2, -0.15) is 4.98 Å². The Morgan fingerprint density at radius 3 is 3.12 bits per heavy atom. The van der Waals surface area contributed by atoms with E-state index < -0.39 is 0 Å². The predicted octanol–water partition coefficient (Wildman–Crippen LogP) is 0.211. The molecule has 0 aromatic carbocycles. The van der Waals surface area contributed by atoms with Crippen LogP contribution in [0.25, 0.3) is 0 Å². The molecule has 1 N–H and O–H groups in total. The summed E-state index contributed by atoms with van der Waals surface area (Å²) < 4.78 is 4.91. The highest BCUT2D eigenvalue weighted by molar-refractivity contribution is 5.84. The van der Waals surface area contributed by atoms with Gasteiger partial charge in [0.25, 0.3) is 0 Å². The first-order chi connectivity index (χ1) is 8.16. The fourth-order valence-electron chi connectivity index (χ4n) is 2.05. The van der Waals surface area contributed by atoms with E-state index in [1.807, 2.05) is 18.7 Å². The van der Waals surface area contributed by atoms with Crippen LogP contribution in [0.1, 0.15) is 26.2 Å². The Morgan fingerprint density at radius 2 is 2.47 bits per heavy atom. The Balaban J connectivity index is 1.81. The molecule has 1 amide bonds. The van der Waals surface area contributed by atoms with Crippen molar-refractivity contribution in [1.29, 1.82) is 0 Å². The topological polar surface area (TPSA) is 71.3 Å². The first-order valence-electron chi connectivity index (χ1n) is 5.97. The molecule has 1 aromatic rings. The molecule has 6 nitrogen and oxygen atoms in total. The third-order valence-corrected chi connectivity index (χ3v) is 2.83. The fraction of sp³-hybridized carbons (Fsp3) is 0.727. The van der Waals surface area contributed by atoms with Gasteiger partial charge in [0.1, 0.15) is 0 Å². The highest BCUT2D eigenvalue weighted by Crippen LogP contribution is 2.12. The molecule has 1 unspecified atom stereocenters. The zero-order valence-electron chi connectivity index (χ0n) is 10.2. The van der Waals surface area contributed by atoms with Gasteiger partial charge in [0, 0.05) is 25.6 Å². The maximum atomic E-state index is 12.0. The number of hydrogen-bond acceptors (Lipinski definition) is 5. The van der Waals surface area contributed by atoms with Crippen LogP contribution in [-0.4, -0.2) is 46.1 Å². The minimum Gasteiger partial charge on any atom is -0.341 e. The van der Waals surface area contributed by atoms with Crippen molar-refractivity contribution in [3.63, 3.8) is 0 Å². The van der Waals surface area contributed by atoms with E-state index >= 15 is 0 Å². The molecule has 0 spiro atoms. The molecule has 0 radical (unpaired) electrons. The molecule has 17 heavy (non-hydrogen) atoms. The summed E-state index contributed by atoms with van der Waals surface area (Å²) in [4.78, 5) is 17.8. The summed E-state index contributed by atoms with van der Waals surface area (Å²) in [5.41, 5.74) is 0. The highest BCUT2D eigenvalue weighted by Gasteiger charge is 2.31. The molecule has 0 saturated carbocycles. The average Bonchev–Trinajstić information content (AvgIpc) is 2.88. The standard InChI is InChI=1S/C11H18N4O2/c1-8(2)14-9-3-5-15(11(9)16)6-4-10-12-7-13-17-10/h7-9,14H,3-6H2,1-2H3. The Morgan fingerprint density at radius 1 is 1.65 bits per heavy atom. The van der Waals surface area contributed by atoms with Crippen molar-refractivity contribution in [2.45, 2.75) is 38.8 Å². The number of carbonyl (C=O) groups excluding carboxylic acids is 1. The van der Waals surface area contributed by atoms with E-state index in [-0.39, 0.29) is 11.9 Å². The fourth-order valence-corrected chi connectivity index (χ4v) is 2.05. The van der Waals surface area contributed by atoms with E-state index in [0.29, 0.717) is 24.9 Å². The molecule has 2 rings (SSSR count). The predicted molar refractivity (Wildman–Crippen MR) is 61.3 cm³/mol. The van der Waals surface area contributed by atoms with Crippen LogP contribution in [0.15, 0.2) is 10.9 Å². The molecule has 1 aliphatic rings. The largest absolute Gasteiger partial charge is 0.341 e. The van der Waals surface area contributed by atoms with Gasteiger partial charge in [0.05, 0.1) is 6.04 Å². The summed E-state index contributed by atoms with van der Waals surface area (Å²) in [7, 11) is 0. The van der Waals surface area contributed by atoms with E-state index in [4.69, 9.17) is 4.52 Å². The molecule has 2 heterocycles. The van der Waals surface area contributed by atoms with Crippen LogP contribution < -0.4 is 5.32 Å². The van der Waals surface area contributed by atoms with Crippen molar-refractivity contribution < 1.29 is 9.32 Å². The van der Waals surface area contributed by atoms with Crippen LogP contribution in [0, 0.1) is 0 Å². The molecular formula is C11H18N4O2. The maximum Gasteiger partial charge on any atom is 0.239 e. The van der Waals surface area contributed by atoms with Gasteiger partial charge < -0.3 is 14.7 Å². The number of carbonyl (C=O) groups is 1. The van der Waals surface area contributed by atoms with Gasteiger partial charge in [-0.25, -0.2) is 0 Å². The van der Waals surface area contributed by atoms with Gasteiger partial charge in [-0.3, -0.25) is 4.79 Å². The number of rotatable bonds is 5. The van der Waals surface area contributed by atoms with E-state index in [2.05, 4.69) is 15.5 Å². The van der Waals surface area contributed by atoms with Crippen LogP contribution >= 0.6 is 0 Å². The van der Waals surface area contributed by atoms with Gasteiger partial charge >= 0.3 is 0 Å². The minimum atomic E-state index is -0.0299. The van der Waals surface area contributed by atoms with Crippen LogP contribution in [-0.2, 0) is 11.2 Å². The number of likely N-dealkylation sites (tertiary alicyclic amines) is 1. The van der Waals surface area contributed by atoms with Crippen LogP contribution in [0.5, 0.6) is 0 Å². The zero-order valence-corrected chi connectivity index (χ0v) is 10.2. The van der Waals surface area contributed by atoms with Crippen molar-refractivity contribution in [3.05, 3.63) is 12.2 Å². The second-order valence-corrected chi connectivity index (χ2v) is 4.57. The zero-order chi connectivity index (χ0) is 12.3. The lowest BCUT2D eigenvalue weighted by atomic mass is 10.2. The Hall–Kier alpha value is -1.43. The molecule has 1 atom stereocenters. The van der Waals surface area contributed by atoms with Crippen molar-refractivity contribution in [1.82, 2.24) is 20.4 Å². The molecule has 1 aliphatic heterocycles. The number of amides is 1. The van der Waals surface area contributed by atoms with E-state index in [1.54, 1.807) is 0 Å². The smallest absolute Gasteiger partial charge is 0.239 e. The monoisotopic (exact) mass is 238 g/mol. The third kappa shape index (κ3) is 3.03. The van der Waals surface area contributed by atoms with Crippen molar-refractivity contribution in [2.24, 2.45) is 0 Å². The summed E-state index contributed by atoms with van der Waals surface area (Å²) in [6.45, 7) is 5.55. The lowest BCUT2D eigenvalue weighted by molar-refractivity contribution is -0.129. The highest BCUT2D eigenvalue weighted by atomic mass is 16.5.